The Morgan fingerprint density at radius 3 is 2.48 bits per heavy atom. The van der Waals surface area contributed by atoms with Crippen LogP contribution in [-0.2, 0) is 20.9 Å². The van der Waals surface area contributed by atoms with E-state index in [2.05, 4.69) is 33.5 Å². The maximum absolute atomic E-state index is 11.1. The van der Waals surface area contributed by atoms with Crippen molar-refractivity contribution in [1.29, 1.82) is 0 Å². The third-order valence-electron chi connectivity index (χ3n) is 4.46. The number of hydroxylamine groups is 1. The predicted octanol–water partition coefficient (Wildman–Crippen LogP) is 4.11. The van der Waals surface area contributed by atoms with Crippen molar-refractivity contribution in [2.75, 3.05) is 17.9 Å². The van der Waals surface area contributed by atoms with Crippen molar-refractivity contribution in [2.45, 2.75) is 32.7 Å². The number of benzene rings is 2. The van der Waals surface area contributed by atoms with E-state index in [0.29, 0.717) is 23.6 Å². The molecule has 0 saturated heterocycles. The molecule has 2 aromatic carbocycles. The number of nitrogens with one attached hydrogen (secondary N) is 3. The van der Waals surface area contributed by atoms with Gasteiger partial charge in [-0.2, -0.15) is 0 Å². The minimum absolute atomic E-state index is 0.101. The summed E-state index contributed by atoms with van der Waals surface area (Å²) in [6, 6.07) is 13.0. The largest absolute Gasteiger partial charge is 0.496 e. The molecule has 0 saturated carbocycles. The summed E-state index contributed by atoms with van der Waals surface area (Å²) in [4.78, 5) is 25.4. The van der Waals surface area contributed by atoms with Gasteiger partial charge in [-0.1, -0.05) is 12.1 Å². The fraction of sp³-hybridized carbons (Fsp3) is 0.250. The molecule has 0 aliphatic carbocycles. The third-order valence-corrected chi connectivity index (χ3v) is 4.46. The van der Waals surface area contributed by atoms with Crippen molar-refractivity contribution < 1.29 is 23.6 Å². The summed E-state index contributed by atoms with van der Waals surface area (Å²) in [7, 11) is 1.57. The summed E-state index contributed by atoms with van der Waals surface area (Å²) < 4.78 is 10.7. The number of hydrogen-bond acceptors (Lipinski definition) is 8. The number of hydrogen-bond donors (Lipinski definition) is 3. The number of rotatable bonds is 9. The van der Waals surface area contributed by atoms with Crippen LogP contribution in [0.3, 0.4) is 0 Å². The second kappa shape index (κ2) is 10.9. The zero-order valence-corrected chi connectivity index (χ0v) is 18.9. The van der Waals surface area contributed by atoms with Crippen LogP contribution in [0.5, 0.6) is 5.75 Å². The van der Waals surface area contributed by atoms with Gasteiger partial charge in [-0.15, -0.1) is 5.48 Å². The van der Waals surface area contributed by atoms with Crippen LogP contribution in [0, 0.1) is 12.2 Å². The zero-order valence-electron chi connectivity index (χ0n) is 18.9. The Bertz CT molecular complexity index is 1120. The molecule has 0 bridgehead atoms. The Labute approximate surface area is 192 Å². The van der Waals surface area contributed by atoms with E-state index in [1.54, 1.807) is 25.4 Å². The first-order chi connectivity index (χ1) is 15.9. The second-order valence-corrected chi connectivity index (χ2v) is 7.83. The highest BCUT2D eigenvalue weighted by molar-refractivity contribution is 5.88. The molecule has 1 aromatic heterocycles. The Kier molecular flexibility index (Phi) is 7.78. The van der Waals surface area contributed by atoms with Crippen LogP contribution in [0.4, 0.5) is 11.4 Å². The molecule has 172 valence electrons. The molecule has 0 unspecified atom stereocenters. The first-order valence-corrected chi connectivity index (χ1v) is 10.1. The average molecular weight is 450 g/mol. The minimum atomic E-state index is -0.387. The van der Waals surface area contributed by atoms with Crippen molar-refractivity contribution in [3.8, 4) is 29.3 Å². The number of carbonyl (C=O) groups is 1. The van der Waals surface area contributed by atoms with Crippen LogP contribution in [0.15, 0.2) is 59.5 Å². The quantitative estimate of drug-likeness (QED) is 0.330. The molecule has 33 heavy (non-hydrogen) atoms. The van der Waals surface area contributed by atoms with Gasteiger partial charge in [0.15, 0.2) is 24.4 Å². The van der Waals surface area contributed by atoms with Gasteiger partial charge < -0.3 is 24.1 Å². The molecule has 1 heterocycles. The number of carbonyl (C=O) groups excluding carboxylic acids is 1. The number of aromatic nitrogens is 1. The van der Waals surface area contributed by atoms with E-state index < -0.39 is 0 Å². The Morgan fingerprint density at radius 2 is 1.82 bits per heavy atom. The number of ether oxygens (including phenoxy) is 1. The highest BCUT2D eigenvalue weighted by Crippen LogP contribution is 2.32. The van der Waals surface area contributed by atoms with E-state index in [1.165, 1.54) is 13.3 Å². The number of anilines is 2. The zero-order chi connectivity index (χ0) is 23.7. The molecule has 0 aliphatic heterocycles. The van der Waals surface area contributed by atoms with Gasteiger partial charge in [0.05, 0.1) is 30.1 Å². The van der Waals surface area contributed by atoms with Gasteiger partial charge in [-0.25, -0.2) is 10.5 Å². The molecule has 3 rings (SSSR count). The van der Waals surface area contributed by atoms with Crippen LogP contribution in [0.25, 0.3) is 11.3 Å². The molecular weight excluding hydrogens is 424 g/mol. The maximum Gasteiger partial charge on any atom is 0.221 e. The molecular formula is C24H26N4O5. The first kappa shape index (κ1) is 23.5. The molecule has 9 heteroatoms. The molecule has 3 aromatic rings. The molecule has 0 fully saturated rings. The van der Waals surface area contributed by atoms with Crippen molar-refractivity contribution in [2.24, 2.45) is 0 Å². The second-order valence-electron chi connectivity index (χ2n) is 7.83. The van der Waals surface area contributed by atoms with Gasteiger partial charge >= 0.3 is 0 Å². The summed E-state index contributed by atoms with van der Waals surface area (Å²) in [6.07, 6.45) is 8.52. The van der Waals surface area contributed by atoms with Crippen LogP contribution in [0.2, 0.25) is 0 Å². The number of amides is 1. The topological polar surface area (TPSA) is 107 Å². The minimum Gasteiger partial charge on any atom is -0.496 e. The standard InChI is InChI=1S/C24H26N4O5/c1-17(29)26-19-7-5-18(6-8-19)14-24(2,3)28-33-12-11-32-27-20-9-10-21(22(13-20)30-4)23-15-25-16-31-23/h5-10,13,15-16,27-28H,14H2,1-4H3,(H,26,29). The highest BCUT2D eigenvalue weighted by atomic mass is 16.7. The first-order valence-electron chi connectivity index (χ1n) is 10.1. The van der Waals surface area contributed by atoms with Gasteiger partial charge in [0.1, 0.15) is 5.75 Å². The Balaban J connectivity index is 1.45. The van der Waals surface area contributed by atoms with Crippen LogP contribution in [-0.4, -0.2) is 23.5 Å². The van der Waals surface area contributed by atoms with E-state index in [-0.39, 0.29) is 11.4 Å². The number of methoxy groups -OCH3 is 1. The fourth-order valence-electron chi connectivity index (χ4n) is 3.05. The average Bonchev–Trinajstić information content (AvgIpc) is 3.31. The van der Waals surface area contributed by atoms with E-state index in [1.807, 2.05) is 44.2 Å². The fourth-order valence-corrected chi connectivity index (χ4v) is 3.05. The third kappa shape index (κ3) is 7.19. The number of oxazole rings is 1. The normalized spacial score (nSPS) is 10.5. The molecule has 0 spiro atoms. The van der Waals surface area contributed by atoms with Gasteiger partial charge in [0.25, 0.3) is 0 Å². The van der Waals surface area contributed by atoms with Crippen molar-refractivity contribution in [3.63, 3.8) is 0 Å². The van der Waals surface area contributed by atoms with E-state index in [0.717, 1.165) is 16.8 Å². The van der Waals surface area contributed by atoms with Gasteiger partial charge in [-0.3, -0.25) is 4.79 Å². The summed E-state index contributed by atoms with van der Waals surface area (Å²) in [5, 5.41) is 2.74. The maximum atomic E-state index is 11.1. The molecule has 1 amide bonds. The van der Waals surface area contributed by atoms with Crippen LogP contribution >= 0.6 is 0 Å². The summed E-state index contributed by atoms with van der Waals surface area (Å²) >= 11 is 0. The lowest BCUT2D eigenvalue weighted by Gasteiger charge is -2.23. The summed E-state index contributed by atoms with van der Waals surface area (Å²) in [5.41, 5.74) is 8.48. The monoisotopic (exact) mass is 450 g/mol. The van der Waals surface area contributed by atoms with Crippen molar-refractivity contribution in [3.05, 3.63) is 60.6 Å². The summed E-state index contributed by atoms with van der Waals surface area (Å²) in [6.45, 7) is 5.45. The van der Waals surface area contributed by atoms with Gasteiger partial charge in [0.2, 0.25) is 5.91 Å². The summed E-state index contributed by atoms with van der Waals surface area (Å²) in [5.74, 6) is 1.10. The Hall–Kier alpha value is -4.16. The van der Waals surface area contributed by atoms with E-state index in [4.69, 9.17) is 18.8 Å². The molecule has 0 atom stereocenters. The lowest BCUT2D eigenvalue weighted by molar-refractivity contribution is -0.114. The molecule has 0 radical (unpaired) electrons. The number of nitrogens with zero attached hydrogens (tertiary/aromatic N) is 1. The molecule has 3 N–H and O–H groups in total. The SMILES string of the molecule is COc1cc(NOC#CONC(C)(C)Cc2ccc(NC(C)=O)cc2)ccc1-c1cnco1. The van der Waals surface area contributed by atoms with Gasteiger partial charge in [-0.05, 0) is 50.1 Å². The predicted molar refractivity (Wildman–Crippen MR) is 124 cm³/mol. The van der Waals surface area contributed by atoms with Crippen LogP contribution in [0.1, 0.15) is 26.3 Å². The molecule has 0 aliphatic rings. The van der Waals surface area contributed by atoms with Gasteiger partial charge in [0, 0.05) is 18.7 Å². The van der Waals surface area contributed by atoms with E-state index >= 15 is 0 Å². The smallest absolute Gasteiger partial charge is 0.221 e. The van der Waals surface area contributed by atoms with Crippen molar-refractivity contribution >= 4 is 17.3 Å². The molecule has 9 nitrogen and oxygen atoms in total. The van der Waals surface area contributed by atoms with Crippen LogP contribution < -0.4 is 21.0 Å². The van der Waals surface area contributed by atoms with Crippen molar-refractivity contribution in [1.82, 2.24) is 10.5 Å². The highest BCUT2D eigenvalue weighted by Gasteiger charge is 2.19. The lowest BCUT2D eigenvalue weighted by atomic mass is 9.96. The van der Waals surface area contributed by atoms with E-state index in [9.17, 15) is 4.79 Å². The Morgan fingerprint density at radius 1 is 1.09 bits per heavy atom. The lowest BCUT2D eigenvalue weighted by Crippen LogP contribution is -2.40.